The fourth-order valence-corrected chi connectivity index (χ4v) is 2.90. The van der Waals surface area contributed by atoms with Crippen LogP contribution in [0.4, 0.5) is 0 Å². The average molecular weight is 244 g/mol. The van der Waals surface area contributed by atoms with E-state index in [1.165, 1.54) is 58.4 Å². The number of unbranched alkanes of at least 4 members (excludes halogenated alkanes) is 2. The van der Waals surface area contributed by atoms with Crippen LogP contribution in [-0.2, 0) is 0 Å². The molecule has 0 saturated carbocycles. The van der Waals surface area contributed by atoms with Crippen molar-refractivity contribution in [2.45, 2.75) is 45.6 Å². The molecule has 0 bridgehead atoms. The second kappa shape index (κ2) is 8.37. The van der Waals surface area contributed by atoms with Crippen molar-refractivity contribution >= 4 is 12.6 Å². The zero-order chi connectivity index (χ0) is 11.8. The minimum Gasteiger partial charge on any atom is -0.302 e. The monoisotopic (exact) mass is 244 g/mol. The molecule has 1 atom stereocenters. The van der Waals surface area contributed by atoms with Crippen LogP contribution in [0.15, 0.2) is 0 Å². The zero-order valence-corrected chi connectivity index (χ0v) is 11.9. The van der Waals surface area contributed by atoms with Crippen molar-refractivity contribution in [2.24, 2.45) is 0 Å². The van der Waals surface area contributed by atoms with Gasteiger partial charge in [-0.1, -0.05) is 20.3 Å². The maximum Gasteiger partial charge on any atom is 0.0235 e. The second-order valence-corrected chi connectivity index (χ2v) is 5.20. The van der Waals surface area contributed by atoms with Gasteiger partial charge in [-0.05, 0) is 51.2 Å². The van der Waals surface area contributed by atoms with Crippen molar-refractivity contribution < 1.29 is 0 Å². The molecule has 0 spiro atoms. The molecule has 3 heteroatoms. The minimum absolute atomic E-state index is 0.819. The SMILES string of the molecule is CCN(CC)C1CCN(CCCCCS)C1. The predicted octanol–water partition coefficient (Wildman–Crippen LogP) is 2.50. The molecule has 0 aromatic rings. The zero-order valence-electron chi connectivity index (χ0n) is 11.0. The maximum absolute atomic E-state index is 4.25. The van der Waals surface area contributed by atoms with E-state index in [9.17, 15) is 0 Å². The molecule has 0 amide bonds. The molecular weight excluding hydrogens is 216 g/mol. The molecule has 1 rings (SSSR count). The van der Waals surface area contributed by atoms with Crippen LogP contribution in [0.3, 0.4) is 0 Å². The highest BCUT2D eigenvalue weighted by atomic mass is 32.1. The first-order chi connectivity index (χ1) is 7.81. The summed E-state index contributed by atoms with van der Waals surface area (Å²) in [7, 11) is 0. The number of thiol groups is 1. The summed E-state index contributed by atoms with van der Waals surface area (Å²) in [5.41, 5.74) is 0. The molecule has 0 aromatic carbocycles. The van der Waals surface area contributed by atoms with Crippen molar-refractivity contribution in [3.63, 3.8) is 0 Å². The third kappa shape index (κ3) is 4.64. The first-order valence-corrected chi connectivity index (χ1v) is 7.52. The number of hydrogen-bond acceptors (Lipinski definition) is 3. The summed E-state index contributed by atoms with van der Waals surface area (Å²) >= 11 is 4.25. The molecular formula is C13H28N2S. The van der Waals surface area contributed by atoms with E-state index in [-0.39, 0.29) is 0 Å². The van der Waals surface area contributed by atoms with Crippen LogP contribution in [0.2, 0.25) is 0 Å². The van der Waals surface area contributed by atoms with E-state index in [1.807, 2.05) is 0 Å². The normalized spacial score (nSPS) is 22.1. The predicted molar refractivity (Wildman–Crippen MR) is 75.5 cm³/mol. The molecule has 1 heterocycles. The van der Waals surface area contributed by atoms with Gasteiger partial charge in [-0.2, -0.15) is 12.6 Å². The topological polar surface area (TPSA) is 6.48 Å². The summed E-state index contributed by atoms with van der Waals surface area (Å²) < 4.78 is 0. The molecule has 1 aliphatic heterocycles. The van der Waals surface area contributed by atoms with Gasteiger partial charge < -0.3 is 4.90 Å². The maximum atomic E-state index is 4.25. The first kappa shape index (κ1) is 14.3. The van der Waals surface area contributed by atoms with Gasteiger partial charge in [-0.15, -0.1) is 0 Å². The lowest BCUT2D eigenvalue weighted by molar-refractivity contribution is 0.210. The highest BCUT2D eigenvalue weighted by Gasteiger charge is 2.25. The lowest BCUT2D eigenvalue weighted by atomic mass is 10.2. The Morgan fingerprint density at radius 2 is 1.94 bits per heavy atom. The fraction of sp³-hybridized carbons (Fsp3) is 1.00. The van der Waals surface area contributed by atoms with Crippen molar-refractivity contribution in [2.75, 3.05) is 38.5 Å². The van der Waals surface area contributed by atoms with Gasteiger partial charge in [0.15, 0.2) is 0 Å². The molecule has 0 aromatic heterocycles. The quantitative estimate of drug-likeness (QED) is 0.518. The van der Waals surface area contributed by atoms with Gasteiger partial charge in [0.25, 0.3) is 0 Å². The van der Waals surface area contributed by atoms with E-state index in [1.54, 1.807) is 0 Å². The summed E-state index contributed by atoms with van der Waals surface area (Å²) in [6, 6.07) is 0.819. The average Bonchev–Trinajstić information content (AvgIpc) is 2.75. The molecule has 0 aliphatic carbocycles. The fourth-order valence-electron chi connectivity index (χ4n) is 2.68. The molecule has 0 radical (unpaired) electrons. The Kier molecular flexibility index (Phi) is 7.50. The van der Waals surface area contributed by atoms with Crippen LogP contribution in [-0.4, -0.2) is 54.3 Å². The summed E-state index contributed by atoms with van der Waals surface area (Å²) in [5.74, 6) is 1.04. The Balaban J connectivity index is 2.14. The van der Waals surface area contributed by atoms with E-state index in [0.29, 0.717) is 0 Å². The second-order valence-electron chi connectivity index (χ2n) is 4.75. The van der Waals surface area contributed by atoms with Crippen molar-refractivity contribution in [1.29, 1.82) is 0 Å². The van der Waals surface area contributed by atoms with E-state index in [0.717, 1.165) is 11.8 Å². The number of nitrogens with zero attached hydrogens (tertiary/aromatic N) is 2. The van der Waals surface area contributed by atoms with Crippen LogP contribution in [0.25, 0.3) is 0 Å². The van der Waals surface area contributed by atoms with Gasteiger partial charge in [0.2, 0.25) is 0 Å². The van der Waals surface area contributed by atoms with E-state index >= 15 is 0 Å². The minimum atomic E-state index is 0.819. The third-order valence-corrected chi connectivity index (χ3v) is 4.02. The molecule has 2 nitrogen and oxygen atoms in total. The van der Waals surface area contributed by atoms with Gasteiger partial charge in [-0.3, -0.25) is 4.90 Å². The van der Waals surface area contributed by atoms with Gasteiger partial charge in [0, 0.05) is 12.6 Å². The standard InChI is InChI=1S/C13H28N2S/c1-3-15(4-2)13-8-10-14(12-13)9-6-5-7-11-16/h13,16H,3-12H2,1-2H3. The molecule has 1 aliphatic rings. The van der Waals surface area contributed by atoms with Gasteiger partial charge >= 0.3 is 0 Å². The summed E-state index contributed by atoms with van der Waals surface area (Å²) in [5, 5.41) is 0. The molecule has 1 saturated heterocycles. The van der Waals surface area contributed by atoms with Crippen LogP contribution in [0, 0.1) is 0 Å². The highest BCUT2D eigenvalue weighted by Crippen LogP contribution is 2.16. The van der Waals surface area contributed by atoms with E-state index < -0.39 is 0 Å². The molecule has 16 heavy (non-hydrogen) atoms. The lowest BCUT2D eigenvalue weighted by Crippen LogP contribution is -2.37. The molecule has 0 N–H and O–H groups in total. The van der Waals surface area contributed by atoms with Crippen LogP contribution >= 0.6 is 12.6 Å². The Morgan fingerprint density at radius 1 is 1.19 bits per heavy atom. The Hall–Kier alpha value is 0.270. The largest absolute Gasteiger partial charge is 0.302 e. The summed E-state index contributed by atoms with van der Waals surface area (Å²) in [6.45, 7) is 10.9. The van der Waals surface area contributed by atoms with Crippen molar-refractivity contribution in [3.05, 3.63) is 0 Å². The third-order valence-electron chi connectivity index (χ3n) is 3.71. The van der Waals surface area contributed by atoms with Crippen LogP contribution < -0.4 is 0 Å². The summed E-state index contributed by atoms with van der Waals surface area (Å²) in [4.78, 5) is 5.25. The van der Waals surface area contributed by atoms with Crippen LogP contribution in [0.5, 0.6) is 0 Å². The first-order valence-electron chi connectivity index (χ1n) is 6.89. The Labute approximate surface area is 107 Å². The Morgan fingerprint density at radius 3 is 2.56 bits per heavy atom. The smallest absolute Gasteiger partial charge is 0.0235 e. The molecule has 96 valence electrons. The van der Waals surface area contributed by atoms with Gasteiger partial charge in [0.1, 0.15) is 0 Å². The van der Waals surface area contributed by atoms with Crippen LogP contribution in [0.1, 0.15) is 39.5 Å². The number of likely N-dealkylation sites (tertiary alicyclic amines) is 1. The van der Waals surface area contributed by atoms with E-state index in [4.69, 9.17) is 0 Å². The summed E-state index contributed by atoms with van der Waals surface area (Å²) in [6.07, 6.45) is 5.34. The number of rotatable bonds is 8. The van der Waals surface area contributed by atoms with Gasteiger partial charge in [-0.25, -0.2) is 0 Å². The molecule has 1 unspecified atom stereocenters. The van der Waals surface area contributed by atoms with Crippen molar-refractivity contribution in [1.82, 2.24) is 9.80 Å². The number of likely N-dealkylation sites (N-methyl/N-ethyl adjacent to an activating group) is 1. The van der Waals surface area contributed by atoms with Gasteiger partial charge in [0.05, 0.1) is 0 Å². The lowest BCUT2D eigenvalue weighted by Gasteiger charge is -2.26. The molecule has 1 fully saturated rings. The van der Waals surface area contributed by atoms with E-state index in [2.05, 4.69) is 36.3 Å². The number of hydrogen-bond donors (Lipinski definition) is 1. The highest BCUT2D eigenvalue weighted by molar-refractivity contribution is 7.80. The van der Waals surface area contributed by atoms with Crippen molar-refractivity contribution in [3.8, 4) is 0 Å². The Bertz CT molecular complexity index is 171.